The number of carbonyl (C=O) groups is 1. The molecule has 0 amide bonds. The van der Waals surface area contributed by atoms with E-state index in [1.807, 2.05) is 6.07 Å². The van der Waals surface area contributed by atoms with E-state index in [0.717, 1.165) is 19.3 Å². The number of nitrogens with zero attached hydrogens (tertiary/aromatic N) is 4. The zero-order valence-corrected chi connectivity index (χ0v) is 15.5. The number of carbonyl (C=O) groups excluding carboxylic acids is 1. The fourth-order valence-corrected chi connectivity index (χ4v) is 3.59. The molecule has 1 saturated heterocycles. The van der Waals surface area contributed by atoms with Crippen LogP contribution in [0.5, 0.6) is 0 Å². The van der Waals surface area contributed by atoms with Crippen LogP contribution in [0.15, 0.2) is 18.5 Å². The summed E-state index contributed by atoms with van der Waals surface area (Å²) >= 11 is 0. The number of fused-ring (bicyclic) bond motifs is 1. The molecule has 2 aromatic rings. The average Bonchev–Trinajstić information content (AvgIpc) is 3.21. The molecule has 1 aliphatic heterocycles. The van der Waals surface area contributed by atoms with Crippen molar-refractivity contribution in [1.82, 2.24) is 14.6 Å². The molecular weight excluding hydrogens is 382 g/mol. The lowest BCUT2D eigenvalue weighted by atomic mass is 9.86. The van der Waals surface area contributed by atoms with Gasteiger partial charge in [-0.25, -0.2) is 14.3 Å². The Labute approximate surface area is 165 Å². The molecular formula is C18H21N5O6. The summed E-state index contributed by atoms with van der Waals surface area (Å²) in [5, 5.41) is 34.9. The van der Waals surface area contributed by atoms with E-state index in [9.17, 15) is 20.3 Å². The van der Waals surface area contributed by atoms with Gasteiger partial charge in [-0.3, -0.25) is 0 Å². The molecule has 2 fully saturated rings. The Morgan fingerprint density at radius 3 is 2.83 bits per heavy atom. The lowest BCUT2D eigenvalue weighted by Gasteiger charge is -2.24. The second-order valence-electron chi connectivity index (χ2n) is 7.27. The van der Waals surface area contributed by atoms with Gasteiger partial charge >= 0.3 is 6.16 Å². The number of nitrogen functional groups attached to an aromatic ring is 1. The SMILES string of the molecule is N#C[C@@]1(c2ccc3c(N)ncnn23)O[C@H](COC(=O)OCC2CCC2)[C@@H](O)[C@H]1O. The second-order valence-corrected chi connectivity index (χ2v) is 7.27. The molecule has 154 valence electrons. The van der Waals surface area contributed by atoms with Crippen molar-refractivity contribution in [2.45, 2.75) is 43.2 Å². The monoisotopic (exact) mass is 403 g/mol. The number of rotatable bonds is 5. The van der Waals surface area contributed by atoms with Crippen LogP contribution in [0.1, 0.15) is 25.0 Å². The first kappa shape index (κ1) is 19.4. The van der Waals surface area contributed by atoms with Crippen molar-refractivity contribution in [3.63, 3.8) is 0 Å². The molecule has 0 bridgehead atoms. The minimum absolute atomic E-state index is 0.172. The molecule has 4 rings (SSSR count). The van der Waals surface area contributed by atoms with Crippen LogP contribution in [-0.4, -0.2) is 62.5 Å². The predicted molar refractivity (Wildman–Crippen MR) is 96.2 cm³/mol. The summed E-state index contributed by atoms with van der Waals surface area (Å²) in [6, 6.07) is 5.01. The summed E-state index contributed by atoms with van der Waals surface area (Å²) in [6.45, 7) is -0.0967. The van der Waals surface area contributed by atoms with Crippen LogP contribution in [0, 0.1) is 17.2 Å². The maximum absolute atomic E-state index is 11.8. The van der Waals surface area contributed by atoms with Gasteiger partial charge in [-0.15, -0.1) is 0 Å². The molecule has 29 heavy (non-hydrogen) atoms. The second kappa shape index (κ2) is 7.47. The van der Waals surface area contributed by atoms with Crippen LogP contribution in [0.25, 0.3) is 5.52 Å². The van der Waals surface area contributed by atoms with E-state index < -0.39 is 30.1 Å². The number of anilines is 1. The zero-order valence-electron chi connectivity index (χ0n) is 15.5. The Hall–Kier alpha value is -2.94. The highest BCUT2D eigenvalue weighted by Gasteiger charge is 2.57. The van der Waals surface area contributed by atoms with Gasteiger partial charge in [0.2, 0.25) is 5.60 Å². The minimum Gasteiger partial charge on any atom is -0.434 e. The molecule has 2 aliphatic rings. The maximum Gasteiger partial charge on any atom is 0.508 e. The number of aliphatic hydroxyl groups is 2. The van der Waals surface area contributed by atoms with Crippen molar-refractivity contribution in [3.8, 4) is 6.07 Å². The van der Waals surface area contributed by atoms with Crippen LogP contribution in [0.4, 0.5) is 10.6 Å². The van der Waals surface area contributed by atoms with Crippen molar-refractivity contribution in [1.29, 1.82) is 5.26 Å². The summed E-state index contributed by atoms with van der Waals surface area (Å²) in [6.07, 6.45) is -0.726. The Morgan fingerprint density at radius 1 is 1.38 bits per heavy atom. The third kappa shape index (κ3) is 3.25. The number of aromatic nitrogens is 3. The number of nitriles is 1. The van der Waals surface area contributed by atoms with E-state index in [1.54, 1.807) is 6.07 Å². The molecule has 11 heteroatoms. The van der Waals surface area contributed by atoms with Crippen LogP contribution >= 0.6 is 0 Å². The first-order chi connectivity index (χ1) is 14.0. The topological polar surface area (TPSA) is 165 Å². The molecule has 11 nitrogen and oxygen atoms in total. The third-order valence-corrected chi connectivity index (χ3v) is 5.51. The minimum atomic E-state index is -1.93. The maximum atomic E-state index is 11.8. The van der Waals surface area contributed by atoms with Crippen LogP contribution in [0.3, 0.4) is 0 Å². The molecule has 1 aliphatic carbocycles. The van der Waals surface area contributed by atoms with E-state index in [0.29, 0.717) is 11.4 Å². The summed E-state index contributed by atoms with van der Waals surface area (Å²) < 4.78 is 17.1. The van der Waals surface area contributed by atoms with Gasteiger partial charge in [0.15, 0.2) is 5.82 Å². The molecule has 2 aromatic heterocycles. The standard InChI is InChI=1S/C18H21N5O6/c19-8-18(13-5-4-11-16(20)21-9-22-23(11)13)15(25)14(24)12(29-18)7-28-17(26)27-6-10-2-1-3-10/h4-5,9-10,12,14-15,24-25H,1-3,6-7H2,(H2,20,21,22)/t12-,14-,15-,18+/m1/s1. The average molecular weight is 403 g/mol. The molecule has 0 spiro atoms. The molecule has 0 radical (unpaired) electrons. The molecule has 4 atom stereocenters. The number of hydrogen-bond acceptors (Lipinski definition) is 10. The van der Waals surface area contributed by atoms with E-state index >= 15 is 0 Å². The van der Waals surface area contributed by atoms with Gasteiger partial charge in [-0.05, 0) is 30.9 Å². The summed E-state index contributed by atoms with van der Waals surface area (Å²) in [5.41, 5.74) is 4.46. The Balaban J connectivity index is 1.49. The number of nitrogens with two attached hydrogens (primary N) is 1. The first-order valence-corrected chi connectivity index (χ1v) is 9.29. The smallest absolute Gasteiger partial charge is 0.434 e. The van der Waals surface area contributed by atoms with Gasteiger partial charge in [0.05, 0.1) is 12.3 Å². The summed E-state index contributed by atoms with van der Waals surface area (Å²) in [5.74, 6) is 0.544. The molecule has 4 N–H and O–H groups in total. The Kier molecular flexibility index (Phi) is 4.99. The number of hydrogen-bond donors (Lipinski definition) is 3. The zero-order chi connectivity index (χ0) is 20.6. The fourth-order valence-electron chi connectivity index (χ4n) is 3.59. The van der Waals surface area contributed by atoms with Crippen molar-refractivity contribution < 1.29 is 29.2 Å². The van der Waals surface area contributed by atoms with Crippen molar-refractivity contribution in [3.05, 3.63) is 24.2 Å². The predicted octanol–water partition coefficient (Wildman–Crippen LogP) is 0.104. The third-order valence-electron chi connectivity index (χ3n) is 5.51. The highest BCUT2D eigenvalue weighted by molar-refractivity contribution is 5.66. The first-order valence-electron chi connectivity index (χ1n) is 9.29. The fraction of sp³-hybridized carbons (Fsp3) is 0.556. The number of ether oxygens (including phenoxy) is 3. The molecule has 0 unspecified atom stereocenters. The van der Waals surface area contributed by atoms with E-state index in [1.165, 1.54) is 16.9 Å². The van der Waals surface area contributed by atoms with Crippen molar-refractivity contribution in [2.24, 2.45) is 5.92 Å². The van der Waals surface area contributed by atoms with Gasteiger partial charge in [0, 0.05) is 0 Å². The summed E-state index contributed by atoms with van der Waals surface area (Å²) in [4.78, 5) is 15.6. The Bertz CT molecular complexity index is 954. The number of aliphatic hydroxyl groups excluding tert-OH is 2. The van der Waals surface area contributed by atoms with Gasteiger partial charge in [-0.1, -0.05) is 6.42 Å². The Morgan fingerprint density at radius 2 is 2.14 bits per heavy atom. The van der Waals surface area contributed by atoms with Crippen LogP contribution in [0.2, 0.25) is 0 Å². The molecule has 3 heterocycles. The lowest BCUT2D eigenvalue weighted by Crippen LogP contribution is -2.41. The van der Waals surface area contributed by atoms with Gasteiger partial charge in [0.1, 0.15) is 42.8 Å². The molecule has 1 saturated carbocycles. The van der Waals surface area contributed by atoms with Gasteiger partial charge in [0.25, 0.3) is 0 Å². The van der Waals surface area contributed by atoms with E-state index in [2.05, 4.69) is 10.1 Å². The summed E-state index contributed by atoms with van der Waals surface area (Å²) in [7, 11) is 0. The van der Waals surface area contributed by atoms with Gasteiger partial charge < -0.3 is 30.2 Å². The van der Waals surface area contributed by atoms with Crippen molar-refractivity contribution in [2.75, 3.05) is 18.9 Å². The van der Waals surface area contributed by atoms with Crippen LogP contribution < -0.4 is 5.73 Å². The van der Waals surface area contributed by atoms with Crippen molar-refractivity contribution >= 4 is 17.5 Å². The van der Waals surface area contributed by atoms with Crippen LogP contribution in [-0.2, 0) is 19.8 Å². The van der Waals surface area contributed by atoms with E-state index in [-0.39, 0.29) is 24.7 Å². The highest BCUT2D eigenvalue weighted by atomic mass is 16.7. The van der Waals surface area contributed by atoms with E-state index in [4.69, 9.17) is 19.9 Å². The lowest BCUT2D eigenvalue weighted by molar-refractivity contribution is -0.0732. The molecule has 0 aromatic carbocycles. The normalized spacial score (nSPS) is 29.3. The largest absolute Gasteiger partial charge is 0.508 e. The quantitative estimate of drug-likeness (QED) is 0.583. The van der Waals surface area contributed by atoms with Gasteiger partial charge in [-0.2, -0.15) is 10.4 Å². The highest BCUT2D eigenvalue weighted by Crippen LogP contribution is 2.40.